The number of rotatable bonds is 9. The predicted molar refractivity (Wildman–Crippen MR) is 414 cm³/mol. The third kappa shape index (κ3) is 8.75. The van der Waals surface area contributed by atoms with Crippen molar-refractivity contribution in [3.8, 4) is 100 Å². The maximum absolute atomic E-state index is 9.62. The fourth-order valence-electron chi connectivity index (χ4n) is 16.9. The van der Waals surface area contributed by atoms with Gasteiger partial charge < -0.3 is 9.80 Å². The molecule has 0 atom stereocenters. The van der Waals surface area contributed by atoms with Crippen LogP contribution in [0, 0.1) is 0 Å². The van der Waals surface area contributed by atoms with Crippen LogP contribution < -0.4 is 26.2 Å². The molecule has 0 fully saturated rings. The van der Waals surface area contributed by atoms with Crippen molar-refractivity contribution < 1.29 is 6.85 Å². The van der Waals surface area contributed by atoms with Crippen molar-refractivity contribution in [2.45, 2.75) is 31.6 Å². The normalized spacial score (nSPS) is 14.0. The van der Waals surface area contributed by atoms with Gasteiger partial charge in [0.1, 0.15) is 0 Å². The van der Waals surface area contributed by atoms with E-state index in [1.807, 2.05) is 6.07 Å². The summed E-state index contributed by atoms with van der Waals surface area (Å²) in [6.07, 6.45) is 0. The number of benzene rings is 15. The molecule has 4 aliphatic rings. The second-order valence-electron chi connectivity index (χ2n) is 27.4. The summed E-state index contributed by atoms with van der Waals surface area (Å²) in [6, 6.07) is 116. The van der Waals surface area contributed by atoms with Gasteiger partial charge in [-0.2, -0.15) is 0 Å². The first-order valence-corrected chi connectivity index (χ1v) is 34.0. The highest BCUT2D eigenvalue weighted by Gasteiger charge is 2.53. The van der Waals surface area contributed by atoms with E-state index in [-0.39, 0.29) is 29.7 Å². The summed E-state index contributed by atoms with van der Waals surface area (Å²) in [5, 5.41) is 0. The maximum atomic E-state index is 9.62. The molecule has 2 nitrogen and oxygen atoms in total. The van der Waals surface area contributed by atoms with Crippen LogP contribution in [0.5, 0.6) is 0 Å². The van der Waals surface area contributed by atoms with Gasteiger partial charge in [0.15, 0.2) is 0 Å². The van der Waals surface area contributed by atoms with Gasteiger partial charge in [0.05, 0.1) is 23.6 Å². The number of anilines is 6. The Hall–Kier alpha value is -12.0. The van der Waals surface area contributed by atoms with E-state index in [4.69, 9.17) is 4.11 Å². The summed E-state index contributed by atoms with van der Waals surface area (Å²) in [5.74, 6) is 0. The highest BCUT2D eigenvalue weighted by molar-refractivity contribution is 7.00. The van der Waals surface area contributed by atoms with Gasteiger partial charge in [0.2, 0.25) is 0 Å². The lowest BCUT2D eigenvalue weighted by atomic mass is 9.33. The van der Waals surface area contributed by atoms with Crippen molar-refractivity contribution in [2.24, 2.45) is 0 Å². The molecule has 2 aliphatic heterocycles. The average Bonchev–Trinajstić information content (AvgIpc) is 1.56. The molecule has 98 heavy (non-hydrogen) atoms. The van der Waals surface area contributed by atoms with Crippen molar-refractivity contribution in [2.75, 3.05) is 9.80 Å². The van der Waals surface area contributed by atoms with Crippen LogP contribution in [0.15, 0.2) is 352 Å². The zero-order valence-electron chi connectivity index (χ0n) is 59.6. The fourth-order valence-corrected chi connectivity index (χ4v) is 16.9. The molecule has 3 heteroatoms. The summed E-state index contributed by atoms with van der Waals surface area (Å²) in [4.78, 5) is 5.13. The molecule has 2 aliphatic carbocycles. The van der Waals surface area contributed by atoms with Gasteiger partial charge in [-0.3, -0.25) is 0 Å². The summed E-state index contributed by atoms with van der Waals surface area (Å²) in [5.41, 5.74) is 32.5. The van der Waals surface area contributed by atoms with Gasteiger partial charge in [-0.05, 0) is 164 Å². The average molecular weight is 1250 g/mol. The standard InChI is InChI=1S/C95H67BN2/c1-94(2,3)71-60-88-91-89(61-71)98(93-79(66-38-18-8-19-39-66)56-70(63-32-12-5-13-33-63)57-80(93)67-40-20-9-21-41-67)87-59-69(72-45-28-48-78-77-44-24-27-51-83(77)95(90(72)78)81-49-25-22-42-75(81)76-43-23-26-50-82(76)95)52-54-84(87)96(91)85-58-68(62-30-10-4-11-31-62)53-55-86(85)97(88)92-73(64-34-14-6-15-35-64)46-29-47-74(92)65-36-16-7-17-37-65/h4-61H,1-3H3/i4D,10D,11D,30D,31D. The second kappa shape index (κ2) is 22.6. The molecular formula is C95H67BN2. The van der Waals surface area contributed by atoms with E-state index >= 15 is 0 Å². The molecule has 0 radical (unpaired) electrons. The molecular weight excluding hydrogens is 1180 g/mol. The molecule has 19 rings (SSSR count). The lowest BCUT2D eigenvalue weighted by Gasteiger charge is -2.46. The molecule has 0 unspecified atom stereocenters. The lowest BCUT2D eigenvalue weighted by molar-refractivity contribution is 0.590. The van der Waals surface area contributed by atoms with Crippen molar-refractivity contribution in [3.05, 3.63) is 380 Å². The quantitative estimate of drug-likeness (QED) is 0.133. The van der Waals surface area contributed by atoms with Gasteiger partial charge in [-0.1, -0.05) is 336 Å². The van der Waals surface area contributed by atoms with E-state index in [0.717, 1.165) is 123 Å². The molecule has 15 aromatic rings. The monoisotopic (exact) mass is 1250 g/mol. The maximum Gasteiger partial charge on any atom is 0.252 e. The molecule has 0 amide bonds. The van der Waals surface area contributed by atoms with E-state index in [0.29, 0.717) is 5.56 Å². The highest BCUT2D eigenvalue weighted by Crippen LogP contribution is 2.65. The van der Waals surface area contributed by atoms with Crippen molar-refractivity contribution in [1.82, 2.24) is 0 Å². The number of para-hydroxylation sites is 1. The van der Waals surface area contributed by atoms with Crippen LogP contribution in [-0.4, -0.2) is 6.71 Å². The Kier molecular flexibility index (Phi) is 12.0. The topological polar surface area (TPSA) is 6.48 Å². The van der Waals surface area contributed by atoms with Crippen LogP contribution in [0.4, 0.5) is 34.1 Å². The molecule has 2 heterocycles. The largest absolute Gasteiger partial charge is 0.310 e. The van der Waals surface area contributed by atoms with Gasteiger partial charge >= 0.3 is 0 Å². The molecule has 0 saturated carbocycles. The number of hydrogen-bond acceptors (Lipinski definition) is 2. The SMILES string of the molecule is [2H]c1c([2H])c([2H])c(-c2ccc3c(c2)B2c4ccc(-c5cccc6c5C5(c7ccccc7-c7ccccc75)c5ccccc5-6)cc4N(c4c(-c5ccccc5)cc(-c5ccccc5)cc4-c4ccccc4)c4cc(C(C)(C)C)cc(c42)N3c2c(-c3ccccc3)cccc2-c2ccccc2)c([2H])c1[2H]. The smallest absolute Gasteiger partial charge is 0.252 e. The van der Waals surface area contributed by atoms with Crippen LogP contribution in [0.1, 0.15) is 55.4 Å². The minimum atomic E-state index is -0.650. The number of fused-ring (bicyclic) bond motifs is 14. The molecule has 15 aromatic carbocycles. The van der Waals surface area contributed by atoms with Crippen LogP contribution >= 0.6 is 0 Å². The Balaban J connectivity index is 0.989. The zero-order valence-corrected chi connectivity index (χ0v) is 54.6. The number of hydrogen-bond donors (Lipinski definition) is 0. The predicted octanol–water partition coefficient (Wildman–Crippen LogP) is 23.1. The highest BCUT2D eigenvalue weighted by atomic mass is 15.2. The van der Waals surface area contributed by atoms with Crippen LogP contribution in [0.2, 0.25) is 0 Å². The summed E-state index contributed by atoms with van der Waals surface area (Å²) >= 11 is 0. The Labute approximate surface area is 581 Å². The Morgan fingerprint density at radius 3 is 1.22 bits per heavy atom. The Bertz CT molecular complexity index is 5780. The molecule has 460 valence electrons. The fraction of sp³-hybridized carbons (Fsp3) is 0.0526. The van der Waals surface area contributed by atoms with Gasteiger partial charge in [-0.25, -0.2) is 0 Å². The Morgan fingerprint density at radius 1 is 0.286 bits per heavy atom. The summed E-state index contributed by atoms with van der Waals surface area (Å²) in [7, 11) is 0. The number of nitrogens with zero attached hydrogens (tertiary/aromatic N) is 2. The lowest BCUT2D eigenvalue weighted by Crippen LogP contribution is -2.61. The minimum Gasteiger partial charge on any atom is -0.310 e. The van der Waals surface area contributed by atoms with E-state index < -0.39 is 23.6 Å². The molecule has 0 aromatic heterocycles. The minimum absolute atomic E-state index is 0.151. The zero-order chi connectivity index (χ0) is 69.6. The van der Waals surface area contributed by atoms with E-state index in [9.17, 15) is 2.74 Å². The van der Waals surface area contributed by atoms with Crippen molar-refractivity contribution in [3.63, 3.8) is 0 Å². The van der Waals surface area contributed by atoms with Gasteiger partial charge in [-0.15, -0.1) is 0 Å². The summed E-state index contributed by atoms with van der Waals surface area (Å²) in [6.45, 7) is 6.47. The molecule has 1 spiro atoms. The second-order valence-corrected chi connectivity index (χ2v) is 27.4. The van der Waals surface area contributed by atoms with Crippen molar-refractivity contribution in [1.29, 1.82) is 0 Å². The van der Waals surface area contributed by atoms with Crippen LogP contribution in [-0.2, 0) is 10.8 Å². The third-order valence-corrected chi connectivity index (χ3v) is 21.1. The molecule has 0 N–H and O–H groups in total. The van der Waals surface area contributed by atoms with Gasteiger partial charge in [0.25, 0.3) is 6.71 Å². The van der Waals surface area contributed by atoms with E-state index in [1.165, 1.54) is 44.5 Å². The van der Waals surface area contributed by atoms with Crippen LogP contribution in [0.25, 0.3) is 100 Å². The molecule has 0 saturated heterocycles. The van der Waals surface area contributed by atoms with Crippen molar-refractivity contribution >= 4 is 57.2 Å². The Morgan fingerprint density at radius 2 is 0.704 bits per heavy atom. The third-order valence-electron chi connectivity index (χ3n) is 21.1. The first-order valence-electron chi connectivity index (χ1n) is 36.5. The molecule has 0 bridgehead atoms. The van der Waals surface area contributed by atoms with Crippen LogP contribution in [0.3, 0.4) is 0 Å². The first-order chi connectivity index (χ1) is 50.4. The summed E-state index contributed by atoms with van der Waals surface area (Å²) < 4.78 is 46.3. The van der Waals surface area contributed by atoms with E-state index in [1.54, 1.807) is 0 Å². The van der Waals surface area contributed by atoms with Gasteiger partial charge in [0, 0.05) is 45.0 Å². The first kappa shape index (κ1) is 52.3. The van der Waals surface area contributed by atoms with E-state index in [2.05, 4.69) is 346 Å².